The molecule has 1 fully saturated rings. The quantitative estimate of drug-likeness (QED) is 0.596. The average Bonchev–Trinajstić information content (AvgIpc) is 2.17. The van der Waals surface area contributed by atoms with E-state index in [0.29, 0.717) is 0 Å². The van der Waals surface area contributed by atoms with Crippen LogP contribution in [-0.2, 0) is 9.59 Å². The molecule has 1 heterocycles. The summed E-state index contributed by atoms with van der Waals surface area (Å²) in [5.41, 5.74) is 0. The first-order valence-electron chi connectivity index (χ1n) is 4.01. The summed E-state index contributed by atoms with van der Waals surface area (Å²) in [5.74, 6) is -0.409. The molecule has 0 saturated carbocycles. The molecule has 11 heavy (non-hydrogen) atoms. The van der Waals surface area contributed by atoms with Gasteiger partial charge in [0.05, 0.1) is 0 Å². The first-order valence-corrected chi connectivity index (χ1v) is 4.01. The Kier molecular flexibility index (Phi) is 2.27. The van der Waals surface area contributed by atoms with Crippen molar-refractivity contribution in [3.63, 3.8) is 0 Å². The summed E-state index contributed by atoms with van der Waals surface area (Å²) in [6, 6.07) is 0. The molecule has 0 unspecified atom stereocenters. The van der Waals surface area contributed by atoms with Crippen LogP contribution in [0.25, 0.3) is 0 Å². The van der Waals surface area contributed by atoms with Crippen molar-refractivity contribution in [3.8, 4) is 0 Å². The number of nitrogens with one attached hydrogen (secondary N) is 1. The van der Waals surface area contributed by atoms with Crippen LogP contribution in [0.4, 0.5) is 0 Å². The first-order chi connectivity index (χ1) is 5.16. The lowest BCUT2D eigenvalue weighted by Crippen LogP contribution is -2.22. The second kappa shape index (κ2) is 3.03. The zero-order valence-electron chi connectivity index (χ0n) is 6.89. The highest BCUT2D eigenvalue weighted by molar-refractivity contribution is 6.04. The standard InChI is InChI=1S/C8H13NO2/c1-3-4-6-5(2)7(10)9-8(6)11/h5-6H,3-4H2,1-2H3,(H,9,10,11)/t5-,6+/m0/s1. The molecule has 1 saturated heterocycles. The Hall–Kier alpha value is -0.860. The van der Waals surface area contributed by atoms with Crippen molar-refractivity contribution in [2.24, 2.45) is 11.8 Å². The van der Waals surface area contributed by atoms with E-state index >= 15 is 0 Å². The smallest absolute Gasteiger partial charge is 0.230 e. The maximum Gasteiger partial charge on any atom is 0.230 e. The Balaban J connectivity index is 2.63. The van der Waals surface area contributed by atoms with E-state index in [9.17, 15) is 9.59 Å². The number of rotatable bonds is 2. The molecule has 0 aromatic heterocycles. The van der Waals surface area contributed by atoms with Crippen molar-refractivity contribution in [1.82, 2.24) is 5.32 Å². The molecular weight excluding hydrogens is 142 g/mol. The van der Waals surface area contributed by atoms with Gasteiger partial charge in [-0.2, -0.15) is 0 Å². The van der Waals surface area contributed by atoms with E-state index in [1.54, 1.807) is 6.92 Å². The average molecular weight is 155 g/mol. The Morgan fingerprint density at radius 1 is 1.36 bits per heavy atom. The summed E-state index contributed by atoms with van der Waals surface area (Å²) in [6.07, 6.45) is 1.77. The highest BCUT2D eigenvalue weighted by Gasteiger charge is 2.37. The molecule has 2 atom stereocenters. The number of carbonyl (C=O) groups is 2. The van der Waals surface area contributed by atoms with Crippen LogP contribution in [0.5, 0.6) is 0 Å². The molecule has 0 aromatic rings. The van der Waals surface area contributed by atoms with E-state index < -0.39 is 0 Å². The third-order valence-electron chi connectivity index (χ3n) is 2.20. The number of hydrogen-bond donors (Lipinski definition) is 1. The molecule has 1 N–H and O–H groups in total. The van der Waals surface area contributed by atoms with E-state index in [0.717, 1.165) is 12.8 Å². The fourth-order valence-corrected chi connectivity index (χ4v) is 1.43. The summed E-state index contributed by atoms with van der Waals surface area (Å²) in [7, 11) is 0. The van der Waals surface area contributed by atoms with Crippen LogP contribution in [0.1, 0.15) is 26.7 Å². The van der Waals surface area contributed by atoms with Crippen LogP contribution < -0.4 is 5.32 Å². The molecule has 62 valence electrons. The minimum Gasteiger partial charge on any atom is -0.296 e. The molecule has 0 aliphatic carbocycles. The summed E-state index contributed by atoms with van der Waals surface area (Å²) < 4.78 is 0. The van der Waals surface area contributed by atoms with Crippen molar-refractivity contribution in [1.29, 1.82) is 0 Å². The van der Waals surface area contributed by atoms with Crippen molar-refractivity contribution in [2.75, 3.05) is 0 Å². The van der Waals surface area contributed by atoms with Crippen molar-refractivity contribution in [3.05, 3.63) is 0 Å². The van der Waals surface area contributed by atoms with E-state index in [1.807, 2.05) is 6.92 Å². The van der Waals surface area contributed by atoms with E-state index in [1.165, 1.54) is 0 Å². The SMILES string of the molecule is CCC[C@H]1C(=O)NC(=O)[C@H]1C. The van der Waals surface area contributed by atoms with Gasteiger partial charge in [-0.25, -0.2) is 0 Å². The molecule has 0 aromatic carbocycles. The molecule has 0 radical (unpaired) electrons. The van der Waals surface area contributed by atoms with Gasteiger partial charge in [0.1, 0.15) is 0 Å². The summed E-state index contributed by atoms with van der Waals surface area (Å²) >= 11 is 0. The van der Waals surface area contributed by atoms with Gasteiger partial charge in [0.15, 0.2) is 0 Å². The molecule has 2 amide bonds. The fraction of sp³-hybridized carbons (Fsp3) is 0.750. The van der Waals surface area contributed by atoms with E-state index in [-0.39, 0.29) is 23.7 Å². The highest BCUT2D eigenvalue weighted by Crippen LogP contribution is 2.22. The third kappa shape index (κ3) is 1.42. The van der Waals surface area contributed by atoms with Crippen LogP contribution >= 0.6 is 0 Å². The molecular formula is C8H13NO2. The topological polar surface area (TPSA) is 46.2 Å². The molecule has 3 heteroatoms. The largest absolute Gasteiger partial charge is 0.296 e. The first kappa shape index (κ1) is 8.24. The molecule has 1 aliphatic heterocycles. The van der Waals surface area contributed by atoms with Gasteiger partial charge in [0.25, 0.3) is 0 Å². The Morgan fingerprint density at radius 3 is 2.36 bits per heavy atom. The van der Waals surface area contributed by atoms with Crippen LogP contribution in [0.15, 0.2) is 0 Å². The van der Waals surface area contributed by atoms with E-state index in [2.05, 4.69) is 5.32 Å². The lowest BCUT2D eigenvalue weighted by molar-refractivity contribution is -0.126. The normalized spacial score (nSPS) is 30.7. The lowest BCUT2D eigenvalue weighted by Gasteiger charge is -2.07. The van der Waals surface area contributed by atoms with E-state index in [4.69, 9.17) is 0 Å². The van der Waals surface area contributed by atoms with Gasteiger partial charge in [0.2, 0.25) is 11.8 Å². The van der Waals surface area contributed by atoms with Gasteiger partial charge >= 0.3 is 0 Å². The van der Waals surface area contributed by atoms with Crippen LogP contribution in [-0.4, -0.2) is 11.8 Å². The highest BCUT2D eigenvalue weighted by atomic mass is 16.2. The fourth-order valence-electron chi connectivity index (χ4n) is 1.43. The Labute approximate surface area is 66.2 Å². The zero-order valence-corrected chi connectivity index (χ0v) is 6.89. The zero-order chi connectivity index (χ0) is 8.43. The second-order valence-corrected chi connectivity index (χ2v) is 3.04. The summed E-state index contributed by atoms with van der Waals surface area (Å²) in [5, 5.41) is 2.32. The van der Waals surface area contributed by atoms with Crippen LogP contribution in [0.2, 0.25) is 0 Å². The van der Waals surface area contributed by atoms with Crippen LogP contribution in [0, 0.1) is 11.8 Å². The van der Waals surface area contributed by atoms with Gasteiger partial charge in [-0.15, -0.1) is 0 Å². The predicted molar refractivity (Wildman–Crippen MR) is 40.7 cm³/mol. The van der Waals surface area contributed by atoms with Gasteiger partial charge in [-0.1, -0.05) is 20.3 Å². The predicted octanol–water partition coefficient (Wildman–Crippen LogP) is 0.695. The number of hydrogen-bond acceptors (Lipinski definition) is 2. The van der Waals surface area contributed by atoms with Gasteiger partial charge < -0.3 is 0 Å². The number of carbonyl (C=O) groups excluding carboxylic acids is 2. The summed E-state index contributed by atoms with van der Waals surface area (Å²) in [4.78, 5) is 22.0. The lowest BCUT2D eigenvalue weighted by atomic mass is 9.93. The molecule has 0 bridgehead atoms. The third-order valence-corrected chi connectivity index (χ3v) is 2.20. The maximum absolute atomic E-state index is 11.1. The second-order valence-electron chi connectivity index (χ2n) is 3.04. The number of imide groups is 1. The Bertz CT molecular complexity index is 189. The van der Waals surface area contributed by atoms with Gasteiger partial charge in [-0.05, 0) is 6.42 Å². The van der Waals surface area contributed by atoms with Crippen molar-refractivity contribution in [2.45, 2.75) is 26.7 Å². The monoisotopic (exact) mass is 155 g/mol. The molecule has 0 spiro atoms. The molecule has 1 rings (SSSR count). The number of amides is 2. The summed E-state index contributed by atoms with van der Waals surface area (Å²) in [6.45, 7) is 3.82. The minimum absolute atomic E-state index is 0.0764. The van der Waals surface area contributed by atoms with Gasteiger partial charge in [0, 0.05) is 11.8 Å². The minimum atomic E-state index is -0.123. The maximum atomic E-state index is 11.1. The molecule has 1 aliphatic rings. The van der Waals surface area contributed by atoms with Gasteiger partial charge in [-0.3, -0.25) is 14.9 Å². The van der Waals surface area contributed by atoms with Crippen LogP contribution in [0.3, 0.4) is 0 Å². The van der Waals surface area contributed by atoms with Crippen molar-refractivity contribution >= 4 is 11.8 Å². The Morgan fingerprint density at radius 2 is 2.00 bits per heavy atom. The molecule has 3 nitrogen and oxygen atoms in total. The van der Waals surface area contributed by atoms with Crippen molar-refractivity contribution < 1.29 is 9.59 Å².